The van der Waals surface area contributed by atoms with Gasteiger partial charge in [-0.2, -0.15) is 0 Å². The lowest BCUT2D eigenvalue weighted by Crippen LogP contribution is -2.54. The summed E-state index contributed by atoms with van der Waals surface area (Å²) in [6, 6.07) is 5.78. The first-order valence-electron chi connectivity index (χ1n) is 8.78. The third kappa shape index (κ3) is 2.35. The van der Waals surface area contributed by atoms with Gasteiger partial charge in [0.2, 0.25) is 0 Å². The van der Waals surface area contributed by atoms with Crippen molar-refractivity contribution in [2.24, 2.45) is 17.8 Å². The van der Waals surface area contributed by atoms with Gasteiger partial charge in [-0.25, -0.2) is 4.21 Å². The summed E-state index contributed by atoms with van der Waals surface area (Å²) in [5.41, 5.74) is 0.878. The van der Waals surface area contributed by atoms with Crippen LogP contribution in [0.4, 0.5) is 5.69 Å². The Kier molecular flexibility index (Phi) is 3.16. The van der Waals surface area contributed by atoms with Crippen molar-refractivity contribution in [3.05, 3.63) is 18.2 Å². The van der Waals surface area contributed by atoms with Crippen molar-refractivity contribution in [2.75, 3.05) is 17.9 Å². The zero-order valence-corrected chi connectivity index (χ0v) is 14.1. The molecule has 1 atom stereocenters. The van der Waals surface area contributed by atoms with Crippen molar-refractivity contribution in [3.8, 4) is 11.5 Å². The van der Waals surface area contributed by atoms with Gasteiger partial charge in [-0.05, 0) is 68.4 Å². The highest BCUT2D eigenvalue weighted by atomic mass is 32.2. The molecule has 4 bridgehead atoms. The van der Waals surface area contributed by atoms with E-state index in [9.17, 15) is 4.21 Å². The second-order valence-corrected chi connectivity index (χ2v) is 9.44. The fourth-order valence-corrected chi connectivity index (χ4v) is 7.30. The molecule has 4 saturated carbocycles. The summed E-state index contributed by atoms with van der Waals surface area (Å²) in [4.78, 5) is 0. The van der Waals surface area contributed by atoms with Crippen LogP contribution in [0.15, 0.2) is 18.2 Å². The van der Waals surface area contributed by atoms with Crippen molar-refractivity contribution >= 4 is 16.7 Å². The SMILES string of the molecule is O=S(Nc1ccc2c(c1)OCCO2)C12CC3CC(CC(C3)C1)C2. The summed E-state index contributed by atoms with van der Waals surface area (Å²) in [6.07, 6.45) is 7.55. The molecule has 5 heteroatoms. The van der Waals surface area contributed by atoms with Gasteiger partial charge in [0.1, 0.15) is 24.2 Å². The Morgan fingerprint density at radius 1 is 0.957 bits per heavy atom. The molecule has 0 spiro atoms. The predicted molar refractivity (Wildman–Crippen MR) is 90.1 cm³/mol. The van der Waals surface area contributed by atoms with Crippen molar-refractivity contribution < 1.29 is 13.7 Å². The highest BCUT2D eigenvalue weighted by Crippen LogP contribution is 2.58. The molecular weight excluding hydrogens is 310 g/mol. The molecule has 23 heavy (non-hydrogen) atoms. The minimum Gasteiger partial charge on any atom is -0.486 e. The zero-order valence-electron chi connectivity index (χ0n) is 13.3. The summed E-state index contributed by atoms with van der Waals surface area (Å²) in [5, 5.41) is 0. The monoisotopic (exact) mass is 333 g/mol. The van der Waals surface area contributed by atoms with Crippen molar-refractivity contribution in [1.82, 2.24) is 0 Å². The Morgan fingerprint density at radius 2 is 1.57 bits per heavy atom. The number of fused-ring (bicyclic) bond motifs is 1. The Balaban J connectivity index is 1.37. The normalized spacial score (nSPS) is 38.3. The van der Waals surface area contributed by atoms with Crippen LogP contribution in [0.2, 0.25) is 0 Å². The first-order valence-corrected chi connectivity index (χ1v) is 9.93. The molecule has 0 amide bonds. The van der Waals surface area contributed by atoms with E-state index in [1.165, 1.54) is 19.3 Å². The summed E-state index contributed by atoms with van der Waals surface area (Å²) in [6.45, 7) is 1.17. The standard InChI is InChI=1S/C18H23NO3S/c20-23(18-9-12-5-13(10-18)7-14(6-12)11-18)19-15-1-2-16-17(8-15)22-4-3-21-16/h1-2,8,12-14,19H,3-7,9-11H2. The lowest BCUT2D eigenvalue weighted by molar-refractivity contribution is 0.0363. The maximum atomic E-state index is 13.2. The third-order valence-corrected chi connectivity index (χ3v) is 7.84. The van der Waals surface area contributed by atoms with Crippen molar-refractivity contribution in [2.45, 2.75) is 43.3 Å². The molecule has 1 aliphatic heterocycles. The van der Waals surface area contributed by atoms with Crippen LogP contribution in [0, 0.1) is 17.8 Å². The molecule has 4 nitrogen and oxygen atoms in total. The minimum absolute atomic E-state index is 0.00199. The lowest BCUT2D eigenvalue weighted by Gasteiger charge is -2.55. The molecule has 0 radical (unpaired) electrons. The van der Waals surface area contributed by atoms with Crippen molar-refractivity contribution in [1.29, 1.82) is 0 Å². The van der Waals surface area contributed by atoms with Gasteiger partial charge in [0.15, 0.2) is 11.5 Å². The number of rotatable bonds is 3. The van der Waals surface area contributed by atoms with E-state index in [1.807, 2.05) is 18.2 Å². The fraction of sp³-hybridized carbons (Fsp3) is 0.667. The quantitative estimate of drug-likeness (QED) is 0.921. The molecule has 0 saturated heterocycles. The van der Waals surface area contributed by atoms with E-state index in [0.717, 1.165) is 54.2 Å². The van der Waals surface area contributed by atoms with Crippen molar-refractivity contribution in [3.63, 3.8) is 0 Å². The van der Waals surface area contributed by atoms with Gasteiger partial charge in [-0.3, -0.25) is 0 Å². The molecule has 5 aliphatic rings. The van der Waals surface area contributed by atoms with Crippen LogP contribution < -0.4 is 14.2 Å². The van der Waals surface area contributed by atoms with Gasteiger partial charge in [-0.15, -0.1) is 0 Å². The molecule has 1 aromatic carbocycles. The average Bonchev–Trinajstić information content (AvgIpc) is 2.53. The van der Waals surface area contributed by atoms with E-state index >= 15 is 0 Å². The molecule has 1 unspecified atom stereocenters. The maximum absolute atomic E-state index is 13.2. The smallest absolute Gasteiger partial charge is 0.163 e. The van der Waals surface area contributed by atoms with Gasteiger partial charge in [0.25, 0.3) is 0 Å². The fourth-order valence-electron chi connectivity index (χ4n) is 5.58. The maximum Gasteiger partial charge on any atom is 0.163 e. The van der Waals surface area contributed by atoms with Crippen LogP contribution in [0.5, 0.6) is 11.5 Å². The summed E-state index contributed by atoms with van der Waals surface area (Å²) in [7, 11) is -1.02. The number of nitrogens with one attached hydrogen (secondary N) is 1. The van der Waals surface area contributed by atoms with E-state index < -0.39 is 11.0 Å². The van der Waals surface area contributed by atoms with Crippen LogP contribution in [-0.4, -0.2) is 22.2 Å². The molecule has 4 fully saturated rings. The second kappa shape index (κ2) is 5.13. The van der Waals surface area contributed by atoms with Crippen LogP contribution in [0.25, 0.3) is 0 Å². The average molecular weight is 333 g/mol. The third-order valence-electron chi connectivity index (χ3n) is 6.13. The Hall–Kier alpha value is -1.23. The van der Waals surface area contributed by atoms with E-state index in [4.69, 9.17) is 9.47 Å². The number of ether oxygens (including phenoxy) is 2. The highest BCUT2D eigenvalue weighted by Gasteiger charge is 2.54. The van der Waals surface area contributed by atoms with Crippen LogP contribution in [0.3, 0.4) is 0 Å². The second-order valence-electron chi connectivity index (χ2n) is 7.83. The molecule has 124 valence electrons. The number of anilines is 1. The minimum atomic E-state index is -1.02. The van der Waals surface area contributed by atoms with E-state index in [-0.39, 0.29) is 4.75 Å². The van der Waals surface area contributed by atoms with Crippen LogP contribution >= 0.6 is 0 Å². The predicted octanol–water partition coefficient (Wildman–Crippen LogP) is 3.50. The topological polar surface area (TPSA) is 47.6 Å². The van der Waals surface area contributed by atoms with Crippen LogP contribution in [-0.2, 0) is 11.0 Å². The van der Waals surface area contributed by atoms with Crippen LogP contribution in [0.1, 0.15) is 38.5 Å². The van der Waals surface area contributed by atoms with E-state index in [1.54, 1.807) is 0 Å². The van der Waals surface area contributed by atoms with Gasteiger partial charge in [-0.1, -0.05) is 0 Å². The molecule has 4 aliphatic carbocycles. The Labute approximate surface area is 139 Å². The number of benzene rings is 1. The van der Waals surface area contributed by atoms with Gasteiger partial charge in [0, 0.05) is 6.07 Å². The molecule has 1 aromatic rings. The van der Waals surface area contributed by atoms with Gasteiger partial charge in [0.05, 0.1) is 10.4 Å². The Bertz CT molecular complexity index is 624. The molecular formula is C18H23NO3S. The summed E-state index contributed by atoms with van der Waals surface area (Å²) in [5.74, 6) is 3.97. The zero-order chi connectivity index (χ0) is 15.4. The number of hydrogen-bond acceptors (Lipinski definition) is 3. The largest absolute Gasteiger partial charge is 0.486 e. The molecule has 1 heterocycles. The summed E-state index contributed by atoms with van der Waals surface area (Å²) < 4.78 is 27.6. The first-order chi connectivity index (χ1) is 11.2. The lowest BCUT2D eigenvalue weighted by atomic mass is 9.56. The van der Waals surface area contributed by atoms with E-state index in [0.29, 0.717) is 13.2 Å². The first kappa shape index (κ1) is 14.1. The van der Waals surface area contributed by atoms with E-state index in [2.05, 4.69) is 4.72 Å². The summed E-state index contributed by atoms with van der Waals surface area (Å²) >= 11 is 0. The van der Waals surface area contributed by atoms with Gasteiger partial charge < -0.3 is 14.2 Å². The number of hydrogen-bond donors (Lipinski definition) is 1. The molecule has 0 aromatic heterocycles. The highest BCUT2D eigenvalue weighted by molar-refractivity contribution is 7.87. The van der Waals surface area contributed by atoms with Gasteiger partial charge >= 0.3 is 0 Å². The molecule has 1 N–H and O–H groups in total. The Morgan fingerprint density at radius 3 is 2.22 bits per heavy atom. The molecule has 6 rings (SSSR count).